The zero-order chi connectivity index (χ0) is 14.2. The molecule has 2 aromatic rings. The number of aromatic nitrogens is 2. The molecular weight excluding hydrogens is 252 g/mol. The number of nitrogens with zero attached hydrogens (tertiary/aromatic N) is 2. The second-order valence-electron chi connectivity index (χ2n) is 4.78. The molecule has 1 amide bonds. The average Bonchev–Trinajstić information content (AvgIpc) is 2.94. The van der Waals surface area contributed by atoms with Gasteiger partial charge in [-0.15, -0.1) is 0 Å². The van der Waals surface area contributed by atoms with Crippen molar-refractivity contribution in [1.29, 1.82) is 0 Å². The lowest BCUT2D eigenvalue weighted by Gasteiger charge is -2.06. The van der Waals surface area contributed by atoms with Crippen molar-refractivity contribution in [3.8, 4) is 0 Å². The summed E-state index contributed by atoms with van der Waals surface area (Å²) in [5, 5.41) is 2.93. The fourth-order valence-electron chi connectivity index (χ4n) is 1.95. The van der Waals surface area contributed by atoms with E-state index in [4.69, 9.17) is 5.73 Å². The standard InChI is InChI=1S/C15H20N4O/c16-14-5-3-13(4-6-14)11-15(20)18-7-1-2-9-19-10-8-17-12-19/h3-6,8,10,12H,1-2,7,9,11,16H2,(H,18,20). The third-order valence-corrected chi connectivity index (χ3v) is 3.07. The lowest BCUT2D eigenvalue weighted by molar-refractivity contribution is -0.120. The molecule has 0 aliphatic heterocycles. The maximum atomic E-state index is 11.7. The van der Waals surface area contributed by atoms with Gasteiger partial charge in [-0.25, -0.2) is 4.98 Å². The van der Waals surface area contributed by atoms with Crippen LogP contribution in [0.4, 0.5) is 5.69 Å². The average molecular weight is 272 g/mol. The van der Waals surface area contributed by atoms with Crippen LogP contribution in [-0.2, 0) is 17.8 Å². The molecule has 0 aliphatic rings. The Morgan fingerprint density at radius 2 is 2.05 bits per heavy atom. The number of hydrogen-bond acceptors (Lipinski definition) is 3. The van der Waals surface area contributed by atoms with E-state index in [-0.39, 0.29) is 5.91 Å². The lowest BCUT2D eigenvalue weighted by atomic mass is 10.1. The molecule has 0 saturated heterocycles. The van der Waals surface area contributed by atoms with Gasteiger partial charge in [0.15, 0.2) is 0 Å². The molecule has 1 aromatic heterocycles. The van der Waals surface area contributed by atoms with Gasteiger partial charge in [-0.2, -0.15) is 0 Å². The summed E-state index contributed by atoms with van der Waals surface area (Å²) in [6.07, 6.45) is 7.92. The van der Waals surface area contributed by atoms with Gasteiger partial charge in [0, 0.05) is 31.2 Å². The van der Waals surface area contributed by atoms with E-state index < -0.39 is 0 Å². The predicted octanol–water partition coefficient (Wildman–Crippen LogP) is 1.60. The Morgan fingerprint density at radius 1 is 1.25 bits per heavy atom. The zero-order valence-corrected chi connectivity index (χ0v) is 11.5. The molecular formula is C15H20N4O. The molecule has 106 valence electrons. The van der Waals surface area contributed by atoms with Gasteiger partial charge >= 0.3 is 0 Å². The van der Waals surface area contributed by atoms with Crippen LogP contribution in [-0.4, -0.2) is 22.0 Å². The number of aryl methyl sites for hydroxylation is 1. The number of imidazole rings is 1. The first-order valence-electron chi connectivity index (χ1n) is 6.81. The summed E-state index contributed by atoms with van der Waals surface area (Å²) in [5.74, 6) is 0.0532. The van der Waals surface area contributed by atoms with Gasteiger partial charge in [0.05, 0.1) is 12.7 Å². The molecule has 1 aromatic carbocycles. The summed E-state index contributed by atoms with van der Waals surface area (Å²) < 4.78 is 2.04. The summed E-state index contributed by atoms with van der Waals surface area (Å²) in [6, 6.07) is 7.39. The first-order chi connectivity index (χ1) is 9.74. The molecule has 0 radical (unpaired) electrons. The first-order valence-corrected chi connectivity index (χ1v) is 6.81. The molecule has 0 bridgehead atoms. The van der Waals surface area contributed by atoms with Gasteiger partial charge < -0.3 is 15.6 Å². The predicted molar refractivity (Wildman–Crippen MR) is 79.0 cm³/mol. The third-order valence-electron chi connectivity index (χ3n) is 3.07. The minimum absolute atomic E-state index is 0.0532. The third kappa shape index (κ3) is 4.76. The number of rotatable bonds is 7. The summed E-state index contributed by atoms with van der Waals surface area (Å²) in [5.41, 5.74) is 7.30. The molecule has 0 unspecified atom stereocenters. The van der Waals surface area contributed by atoms with E-state index in [1.807, 2.05) is 35.0 Å². The lowest BCUT2D eigenvalue weighted by Crippen LogP contribution is -2.26. The summed E-state index contributed by atoms with van der Waals surface area (Å²) in [7, 11) is 0. The summed E-state index contributed by atoms with van der Waals surface area (Å²) >= 11 is 0. The van der Waals surface area contributed by atoms with Crippen molar-refractivity contribution in [3.63, 3.8) is 0 Å². The van der Waals surface area contributed by atoms with Crippen molar-refractivity contribution in [2.45, 2.75) is 25.8 Å². The molecule has 0 spiro atoms. The van der Waals surface area contributed by atoms with Crippen molar-refractivity contribution < 1.29 is 4.79 Å². The van der Waals surface area contributed by atoms with Crippen LogP contribution in [0.3, 0.4) is 0 Å². The van der Waals surface area contributed by atoms with Crippen molar-refractivity contribution in [1.82, 2.24) is 14.9 Å². The Labute approximate surface area is 118 Å². The Kier molecular flexibility index (Phi) is 5.17. The fourth-order valence-corrected chi connectivity index (χ4v) is 1.95. The van der Waals surface area contributed by atoms with Crippen molar-refractivity contribution in [2.24, 2.45) is 0 Å². The Morgan fingerprint density at radius 3 is 2.75 bits per heavy atom. The number of nitrogens with two attached hydrogens (primary N) is 1. The molecule has 5 nitrogen and oxygen atoms in total. The maximum absolute atomic E-state index is 11.7. The second-order valence-corrected chi connectivity index (χ2v) is 4.78. The quantitative estimate of drug-likeness (QED) is 0.594. The number of benzene rings is 1. The van der Waals surface area contributed by atoms with E-state index in [0.29, 0.717) is 18.7 Å². The molecule has 0 saturated carbocycles. The molecule has 20 heavy (non-hydrogen) atoms. The van der Waals surface area contributed by atoms with Gasteiger partial charge in [0.1, 0.15) is 0 Å². The summed E-state index contributed by atoms with van der Waals surface area (Å²) in [4.78, 5) is 15.7. The van der Waals surface area contributed by atoms with Crippen LogP contribution >= 0.6 is 0 Å². The molecule has 0 atom stereocenters. The van der Waals surface area contributed by atoms with Gasteiger partial charge in [-0.1, -0.05) is 12.1 Å². The van der Waals surface area contributed by atoms with Gasteiger partial charge in [-0.05, 0) is 30.5 Å². The van der Waals surface area contributed by atoms with Crippen LogP contribution in [0.15, 0.2) is 43.0 Å². The van der Waals surface area contributed by atoms with E-state index in [9.17, 15) is 4.79 Å². The molecule has 2 rings (SSSR count). The van der Waals surface area contributed by atoms with E-state index in [2.05, 4.69) is 10.3 Å². The normalized spacial score (nSPS) is 10.4. The topological polar surface area (TPSA) is 72.9 Å². The minimum Gasteiger partial charge on any atom is -0.399 e. The van der Waals surface area contributed by atoms with Crippen molar-refractivity contribution >= 4 is 11.6 Å². The van der Waals surface area contributed by atoms with Crippen LogP contribution in [0.5, 0.6) is 0 Å². The molecule has 1 heterocycles. The first kappa shape index (κ1) is 14.1. The maximum Gasteiger partial charge on any atom is 0.224 e. The van der Waals surface area contributed by atoms with Crippen molar-refractivity contribution in [2.75, 3.05) is 12.3 Å². The number of nitrogens with one attached hydrogen (secondary N) is 1. The molecule has 3 N–H and O–H groups in total. The highest BCUT2D eigenvalue weighted by atomic mass is 16.1. The molecule has 0 fully saturated rings. The van der Waals surface area contributed by atoms with Crippen LogP contribution < -0.4 is 11.1 Å². The summed E-state index contributed by atoms with van der Waals surface area (Å²) in [6.45, 7) is 1.65. The SMILES string of the molecule is Nc1ccc(CC(=O)NCCCCn2ccnc2)cc1. The van der Waals surface area contributed by atoms with Crippen LogP contribution in [0.25, 0.3) is 0 Å². The number of amides is 1. The number of anilines is 1. The highest BCUT2D eigenvalue weighted by Gasteiger charge is 2.02. The number of carbonyl (C=O) groups is 1. The van der Waals surface area contributed by atoms with Crippen LogP contribution in [0.1, 0.15) is 18.4 Å². The largest absolute Gasteiger partial charge is 0.399 e. The minimum atomic E-state index is 0.0532. The fraction of sp³-hybridized carbons (Fsp3) is 0.333. The highest BCUT2D eigenvalue weighted by Crippen LogP contribution is 2.05. The van der Waals surface area contributed by atoms with Crippen LogP contribution in [0, 0.1) is 0 Å². The van der Waals surface area contributed by atoms with Crippen LogP contribution in [0.2, 0.25) is 0 Å². The van der Waals surface area contributed by atoms with E-state index in [1.54, 1.807) is 12.5 Å². The highest BCUT2D eigenvalue weighted by molar-refractivity contribution is 5.78. The Bertz CT molecular complexity index is 519. The smallest absolute Gasteiger partial charge is 0.224 e. The number of hydrogen-bond donors (Lipinski definition) is 2. The Hall–Kier alpha value is -2.30. The monoisotopic (exact) mass is 272 g/mol. The van der Waals surface area contributed by atoms with Gasteiger partial charge in [0.2, 0.25) is 5.91 Å². The number of unbranched alkanes of at least 4 members (excludes halogenated alkanes) is 1. The van der Waals surface area contributed by atoms with Crippen molar-refractivity contribution in [3.05, 3.63) is 48.5 Å². The van der Waals surface area contributed by atoms with E-state index >= 15 is 0 Å². The Balaban J connectivity index is 1.59. The van der Waals surface area contributed by atoms with Gasteiger partial charge in [0.25, 0.3) is 0 Å². The number of carbonyl (C=O) groups excluding carboxylic acids is 1. The van der Waals surface area contributed by atoms with Gasteiger partial charge in [-0.3, -0.25) is 4.79 Å². The zero-order valence-electron chi connectivity index (χ0n) is 11.5. The van der Waals surface area contributed by atoms with E-state index in [0.717, 1.165) is 24.9 Å². The second kappa shape index (κ2) is 7.33. The molecule has 0 aliphatic carbocycles. The molecule has 5 heteroatoms. The van der Waals surface area contributed by atoms with E-state index in [1.165, 1.54) is 0 Å². The number of nitrogen functional groups attached to an aromatic ring is 1.